The first kappa shape index (κ1) is 18.9. The molecule has 0 saturated carbocycles. The maximum atomic E-state index is 13.0. The van der Waals surface area contributed by atoms with E-state index in [0.717, 1.165) is 5.56 Å². The molecule has 1 atom stereocenters. The highest BCUT2D eigenvalue weighted by atomic mass is 35.5. The number of halogens is 1. The van der Waals surface area contributed by atoms with Crippen LogP contribution in [0.2, 0.25) is 5.02 Å². The number of carbonyl (C=O) groups is 2. The molecule has 0 fully saturated rings. The minimum atomic E-state index is -0.542. The molecular formula is C20H21ClNO3+. The largest absolute Gasteiger partial charge is 0.466 e. The number of hydrogen-bond acceptors (Lipinski definition) is 3. The number of ether oxygens (including phenoxy) is 1. The minimum absolute atomic E-state index is 0.193. The lowest BCUT2D eigenvalue weighted by Gasteiger charge is -2.08. The average molecular weight is 359 g/mol. The second-order valence-electron chi connectivity index (χ2n) is 5.71. The Bertz CT molecular complexity index is 780. The number of pyridine rings is 1. The van der Waals surface area contributed by atoms with E-state index in [1.54, 1.807) is 61.1 Å². The lowest BCUT2D eigenvalue weighted by molar-refractivity contribution is -0.577. The molecule has 0 aliphatic heterocycles. The molecule has 0 amide bonds. The zero-order valence-corrected chi connectivity index (χ0v) is 15.3. The summed E-state index contributed by atoms with van der Waals surface area (Å²) in [6, 6.07) is 10.5. The molecule has 0 N–H and O–H groups in total. The summed E-state index contributed by atoms with van der Waals surface area (Å²) in [7, 11) is 0. The van der Waals surface area contributed by atoms with Gasteiger partial charge in [0.25, 0.3) is 11.5 Å². The summed E-state index contributed by atoms with van der Waals surface area (Å²) in [5.41, 5.74) is 1.97. The molecular weight excluding hydrogens is 338 g/mol. The van der Waals surface area contributed by atoms with Gasteiger partial charge in [-0.15, -0.1) is 0 Å². The third-order valence-corrected chi connectivity index (χ3v) is 3.93. The number of allylic oxidation sites excluding steroid dienone is 1. The number of esters is 1. The van der Waals surface area contributed by atoms with Crippen LogP contribution in [0.4, 0.5) is 0 Å². The molecule has 1 aromatic heterocycles. The molecule has 130 valence electrons. The van der Waals surface area contributed by atoms with Crippen LogP contribution >= 0.6 is 11.6 Å². The molecule has 0 bridgehead atoms. The third kappa shape index (κ3) is 5.00. The van der Waals surface area contributed by atoms with E-state index in [1.807, 2.05) is 19.1 Å². The molecule has 4 nitrogen and oxygen atoms in total. The highest BCUT2D eigenvalue weighted by Gasteiger charge is 2.25. The van der Waals surface area contributed by atoms with Crippen molar-refractivity contribution in [2.24, 2.45) is 5.92 Å². The molecule has 2 rings (SSSR count). The second kappa shape index (κ2) is 8.58. The summed E-state index contributed by atoms with van der Waals surface area (Å²) >= 11 is 5.90. The topological polar surface area (TPSA) is 47.3 Å². The van der Waals surface area contributed by atoms with Crippen LogP contribution in [0.15, 0.2) is 54.9 Å². The highest BCUT2D eigenvalue weighted by molar-refractivity contribution is 6.31. The average Bonchev–Trinajstić information content (AvgIpc) is 2.60. The van der Waals surface area contributed by atoms with Crippen molar-refractivity contribution >= 4 is 29.1 Å². The first-order valence-corrected chi connectivity index (χ1v) is 8.47. The number of hydrogen-bond donors (Lipinski definition) is 0. The first-order valence-electron chi connectivity index (χ1n) is 8.09. The van der Waals surface area contributed by atoms with Crippen molar-refractivity contribution in [1.82, 2.24) is 0 Å². The number of aryl methyl sites for hydroxylation is 1. The van der Waals surface area contributed by atoms with Gasteiger partial charge in [0.05, 0.1) is 12.5 Å². The number of rotatable bonds is 6. The Morgan fingerprint density at radius 2 is 1.76 bits per heavy atom. The summed E-state index contributed by atoms with van der Waals surface area (Å²) in [6.45, 7) is 5.73. The normalized spacial score (nSPS) is 12.6. The quantitative estimate of drug-likeness (QED) is 0.341. The van der Waals surface area contributed by atoms with E-state index < -0.39 is 5.92 Å². The number of benzene rings is 1. The fourth-order valence-corrected chi connectivity index (χ4v) is 2.39. The zero-order valence-electron chi connectivity index (χ0n) is 14.5. The summed E-state index contributed by atoms with van der Waals surface area (Å²) < 4.78 is 6.75. The van der Waals surface area contributed by atoms with E-state index in [2.05, 4.69) is 0 Å². The fraction of sp³-hybridized carbons (Fsp3) is 0.250. The standard InChI is InChI=1S/C20H21ClNO3/c1-4-25-20(24)15(3)13-18(22-11-9-14(2)10-12-22)19(23)16-5-7-17(21)8-6-16/h5-13,15H,4H2,1-3H3/q+1/b18-13+/t15-/m1/s1. The number of Topliss-reactive ketones (excluding diaryl/α,β-unsaturated/α-hetero) is 1. The molecule has 0 saturated heterocycles. The maximum Gasteiger partial charge on any atom is 0.312 e. The molecule has 0 radical (unpaired) electrons. The van der Waals surface area contributed by atoms with Crippen LogP contribution in [0.3, 0.4) is 0 Å². The highest BCUT2D eigenvalue weighted by Crippen LogP contribution is 2.15. The monoisotopic (exact) mass is 358 g/mol. The third-order valence-electron chi connectivity index (χ3n) is 3.68. The Labute approximate surface area is 152 Å². The van der Waals surface area contributed by atoms with Gasteiger partial charge in [-0.05, 0) is 50.6 Å². The fourth-order valence-electron chi connectivity index (χ4n) is 2.27. The SMILES string of the molecule is CCOC(=O)[C@H](C)/C=C(\C(=O)c1ccc(Cl)cc1)[n+]1ccc(C)cc1. The summed E-state index contributed by atoms with van der Waals surface area (Å²) in [6.07, 6.45) is 5.23. The van der Waals surface area contributed by atoms with Gasteiger partial charge in [-0.2, -0.15) is 4.57 Å². The molecule has 1 aromatic carbocycles. The maximum absolute atomic E-state index is 13.0. The van der Waals surface area contributed by atoms with E-state index in [-0.39, 0.29) is 11.8 Å². The molecule has 0 aliphatic rings. The first-order chi connectivity index (χ1) is 11.9. The van der Waals surface area contributed by atoms with E-state index in [4.69, 9.17) is 16.3 Å². The minimum Gasteiger partial charge on any atom is -0.466 e. The number of carbonyl (C=O) groups excluding carboxylic acids is 2. The molecule has 0 unspecified atom stereocenters. The van der Waals surface area contributed by atoms with Gasteiger partial charge in [0, 0.05) is 28.8 Å². The van der Waals surface area contributed by atoms with Crippen molar-refractivity contribution < 1.29 is 18.9 Å². The van der Waals surface area contributed by atoms with Crippen LogP contribution in [0.5, 0.6) is 0 Å². The van der Waals surface area contributed by atoms with Crippen LogP contribution in [0.25, 0.3) is 5.70 Å². The van der Waals surface area contributed by atoms with E-state index >= 15 is 0 Å². The van der Waals surface area contributed by atoms with Gasteiger partial charge in [-0.3, -0.25) is 9.59 Å². The van der Waals surface area contributed by atoms with Crippen LogP contribution in [-0.2, 0) is 9.53 Å². The van der Waals surface area contributed by atoms with Gasteiger partial charge < -0.3 is 4.74 Å². The lowest BCUT2D eigenvalue weighted by atomic mass is 10.0. The van der Waals surface area contributed by atoms with E-state index in [9.17, 15) is 9.59 Å². The smallest absolute Gasteiger partial charge is 0.312 e. The van der Waals surface area contributed by atoms with Crippen LogP contribution in [0.1, 0.15) is 29.8 Å². The van der Waals surface area contributed by atoms with Gasteiger partial charge >= 0.3 is 5.97 Å². The molecule has 5 heteroatoms. The van der Waals surface area contributed by atoms with Crippen molar-refractivity contribution in [3.63, 3.8) is 0 Å². The van der Waals surface area contributed by atoms with E-state index in [0.29, 0.717) is 22.9 Å². The molecule has 2 aromatic rings. The molecule has 1 heterocycles. The van der Waals surface area contributed by atoms with E-state index in [1.165, 1.54) is 0 Å². The van der Waals surface area contributed by atoms with Gasteiger partial charge in [0.1, 0.15) is 0 Å². The Morgan fingerprint density at radius 1 is 1.16 bits per heavy atom. The van der Waals surface area contributed by atoms with Crippen LogP contribution < -0.4 is 4.57 Å². The Kier molecular flexibility index (Phi) is 6.48. The Balaban J connectivity index is 2.44. The van der Waals surface area contributed by atoms with Crippen LogP contribution in [0, 0.1) is 12.8 Å². The van der Waals surface area contributed by atoms with Crippen molar-refractivity contribution in [2.75, 3.05) is 6.61 Å². The molecule has 0 spiro atoms. The predicted molar refractivity (Wildman–Crippen MR) is 97.2 cm³/mol. The van der Waals surface area contributed by atoms with Crippen molar-refractivity contribution in [3.05, 3.63) is 71.0 Å². The molecule has 25 heavy (non-hydrogen) atoms. The lowest BCUT2D eigenvalue weighted by Crippen LogP contribution is -2.36. The Hall–Kier alpha value is -2.46. The zero-order chi connectivity index (χ0) is 18.4. The van der Waals surface area contributed by atoms with Gasteiger partial charge in [0.15, 0.2) is 12.4 Å². The van der Waals surface area contributed by atoms with Crippen molar-refractivity contribution in [2.45, 2.75) is 20.8 Å². The van der Waals surface area contributed by atoms with Crippen molar-refractivity contribution in [3.8, 4) is 0 Å². The summed E-state index contributed by atoms with van der Waals surface area (Å²) in [5.74, 6) is -1.10. The van der Waals surface area contributed by atoms with Gasteiger partial charge in [-0.1, -0.05) is 11.6 Å². The number of aromatic nitrogens is 1. The molecule has 0 aliphatic carbocycles. The predicted octanol–water partition coefficient (Wildman–Crippen LogP) is 3.86. The summed E-state index contributed by atoms with van der Waals surface area (Å²) in [4.78, 5) is 24.9. The van der Waals surface area contributed by atoms with Crippen molar-refractivity contribution in [1.29, 1.82) is 0 Å². The second-order valence-corrected chi connectivity index (χ2v) is 6.15. The number of nitrogens with zero attached hydrogens (tertiary/aromatic N) is 1. The number of ketones is 1. The Morgan fingerprint density at radius 3 is 2.32 bits per heavy atom. The van der Waals surface area contributed by atoms with Gasteiger partial charge in [0.2, 0.25) is 0 Å². The summed E-state index contributed by atoms with van der Waals surface area (Å²) in [5, 5.41) is 0.560. The van der Waals surface area contributed by atoms with Gasteiger partial charge in [-0.25, -0.2) is 0 Å². The van der Waals surface area contributed by atoms with Crippen LogP contribution in [-0.4, -0.2) is 18.4 Å².